The maximum Gasteiger partial charge on any atom is 4.00 e. The first kappa shape index (κ1) is 518. The Morgan fingerprint density at radius 2 is 0.273 bits per heavy atom. The molecule has 0 amide bonds. The third kappa shape index (κ3) is 331. The molecule has 0 rings (SSSR count). The quantitative estimate of drug-likeness (QED) is 0.431. The second-order valence-electron chi connectivity index (χ2n) is 0. The fourth-order valence-electron chi connectivity index (χ4n) is 0. The Bertz CT molecular complexity index is 14.4. The molecule has 0 heterocycles. The summed E-state index contributed by atoms with van der Waals surface area (Å²) < 4.78 is 0. The normalized spacial score (nSPS) is 0. The molecule has 0 aromatic rings. The molecule has 0 spiro atoms. The first-order valence-corrected chi connectivity index (χ1v) is 0. The van der Waals surface area contributed by atoms with Gasteiger partial charge in [-0.15, -0.1) is 0 Å². The minimum Gasteiger partial charge on any atom is -2.00 e. The predicted octanol–water partition coefficient (Wildman–Crippen LogP) is -2.35. The van der Waals surface area contributed by atoms with Crippen molar-refractivity contribution in [3.05, 3.63) is 0 Å². The van der Waals surface area contributed by atoms with Crippen molar-refractivity contribution in [2.75, 3.05) is 0 Å². The Kier molecular flexibility index (Phi) is 18900. The second kappa shape index (κ2) is 401. The number of hydrogen-bond donors (Lipinski definition) is 0. The fourth-order valence-corrected chi connectivity index (χ4v) is 0. The standard InChI is InChI=1S/2Al.2Ge.7O/q2*+3;2*+4;7*-2. The topological polar surface area (TPSA) is 200 Å². The van der Waals surface area contributed by atoms with Crippen LogP contribution in [0.2, 0.25) is 0 Å². The monoisotopic (exact) mass is 314 g/mol. The molecule has 0 unspecified atom stereocenters. The van der Waals surface area contributed by atoms with Crippen LogP contribution < -0.4 is 0 Å². The summed E-state index contributed by atoms with van der Waals surface area (Å²) in [6, 6.07) is 0. The van der Waals surface area contributed by atoms with Crippen LogP contribution in [-0.2, 0) is 38.3 Å². The van der Waals surface area contributed by atoms with Crippen LogP contribution in [0.25, 0.3) is 0 Å². The van der Waals surface area contributed by atoms with Crippen LogP contribution in [0.5, 0.6) is 0 Å². The zero-order valence-electron chi connectivity index (χ0n) is 5.01. The van der Waals surface area contributed by atoms with Gasteiger partial charge in [0.25, 0.3) is 0 Å². The molecule has 11 heavy (non-hydrogen) atoms. The molecule has 0 atom stereocenters. The van der Waals surface area contributed by atoms with Gasteiger partial charge in [0.1, 0.15) is 0 Å². The largest absolute Gasteiger partial charge is 4.00 e. The van der Waals surface area contributed by atoms with E-state index in [4.69, 9.17) is 0 Å². The summed E-state index contributed by atoms with van der Waals surface area (Å²) in [4.78, 5) is 0. The first-order valence-electron chi connectivity index (χ1n) is 0. The Hall–Kier alpha value is 1.87. The molecule has 11 heteroatoms. The molecule has 0 bridgehead atoms. The molecule has 0 aliphatic heterocycles. The Morgan fingerprint density at radius 1 is 0.273 bits per heavy atom. The van der Waals surface area contributed by atoms with Gasteiger partial charge in [-0.2, -0.15) is 0 Å². The third-order valence-corrected chi connectivity index (χ3v) is 0. The molecule has 0 aromatic carbocycles. The summed E-state index contributed by atoms with van der Waals surface area (Å²) >= 11 is 0. The fraction of sp³-hybridized carbons (Fsp3) is 0. The molecular weight excluding hydrogens is 311 g/mol. The summed E-state index contributed by atoms with van der Waals surface area (Å²) in [5, 5.41) is 0. The van der Waals surface area contributed by atoms with E-state index in [1.165, 1.54) is 0 Å². The van der Waals surface area contributed by atoms with Crippen molar-refractivity contribution >= 4 is 69.9 Å². The summed E-state index contributed by atoms with van der Waals surface area (Å²) in [6.07, 6.45) is 0. The van der Waals surface area contributed by atoms with Crippen molar-refractivity contribution < 1.29 is 38.3 Å². The first-order chi connectivity index (χ1) is 0. The molecule has 0 aliphatic rings. The minimum atomic E-state index is 0. The van der Waals surface area contributed by atoms with Gasteiger partial charge >= 0.3 is 69.9 Å². The van der Waals surface area contributed by atoms with Crippen LogP contribution in [0.1, 0.15) is 0 Å². The minimum absolute atomic E-state index is 0. The SMILES string of the molecule is [Al+3].[Al+3].[Ge+4].[Ge+4].[O-2].[O-2].[O-2].[O-2].[O-2].[O-2].[O-2]. The van der Waals surface area contributed by atoms with Gasteiger partial charge in [-0.25, -0.2) is 0 Å². The van der Waals surface area contributed by atoms with E-state index in [2.05, 4.69) is 0 Å². The third-order valence-electron chi connectivity index (χ3n) is 0. The molecule has 7 nitrogen and oxygen atoms in total. The van der Waals surface area contributed by atoms with E-state index in [9.17, 15) is 0 Å². The molecule has 0 aliphatic carbocycles. The van der Waals surface area contributed by atoms with Crippen LogP contribution in [0.3, 0.4) is 0 Å². The zero-order valence-corrected chi connectivity index (χ0v) is 11.5. The van der Waals surface area contributed by atoms with Crippen molar-refractivity contribution in [2.45, 2.75) is 0 Å². The van der Waals surface area contributed by atoms with E-state index in [-0.39, 0.29) is 108 Å². The molecule has 0 N–H and O–H groups in total. The Balaban J connectivity index is 0. The maximum absolute atomic E-state index is 0. The van der Waals surface area contributed by atoms with Crippen molar-refractivity contribution in [1.82, 2.24) is 0 Å². The maximum atomic E-state index is 0. The van der Waals surface area contributed by atoms with Crippen LogP contribution in [0.4, 0.5) is 0 Å². The van der Waals surface area contributed by atoms with E-state index in [0.717, 1.165) is 0 Å². The van der Waals surface area contributed by atoms with Gasteiger partial charge in [-0.05, 0) is 0 Å². The van der Waals surface area contributed by atoms with E-state index in [1.807, 2.05) is 0 Å². The summed E-state index contributed by atoms with van der Waals surface area (Å²) in [7, 11) is 0. The van der Waals surface area contributed by atoms with Crippen molar-refractivity contribution in [3.8, 4) is 0 Å². The van der Waals surface area contributed by atoms with Gasteiger partial charge in [0.05, 0.1) is 0 Å². The second-order valence-corrected chi connectivity index (χ2v) is 0. The van der Waals surface area contributed by atoms with Crippen LogP contribution in [0, 0.1) is 0 Å². The Labute approximate surface area is 108 Å². The van der Waals surface area contributed by atoms with E-state index < -0.39 is 0 Å². The van der Waals surface area contributed by atoms with E-state index in [0.29, 0.717) is 0 Å². The zero-order chi connectivity index (χ0) is 0. The van der Waals surface area contributed by atoms with Gasteiger partial charge in [-0.3, -0.25) is 0 Å². The molecule has 0 radical (unpaired) electrons. The van der Waals surface area contributed by atoms with Crippen LogP contribution >= 0.6 is 0 Å². The average Bonchev–Trinajstić information content (AvgIpc) is 0. The molecule has 0 saturated heterocycles. The predicted molar refractivity (Wildman–Crippen MR) is 27.8 cm³/mol. The molecule has 0 saturated carbocycles. The van der Waals surface area contributed by atoms with Crippen molar-refractivity contribution in [1.29, 1.82) is 0 Å². The van der Waals surface area contributed by atoms with Crippen molar-refractivity contribution in [2.24, 2.45) is 0 Å². The summed E-state index contributed by atoms with van der Waals surface area (Å²) in [5.74, 6) is 0. The average molecular weight is 311 g/mol. The van der Waals surface area contributed by atoms with Crippen LogP contribution in [-0.4, -0.2) is 69.9 Å². The van der Waals surface area contributed by atoms with Gasteiger partial charge in [0.15, 0.2) is 0 Å². The Morgan fingerprint density at radius 3 is 0.273 bits per heavy atom. The molecule has 56 valence electrons. The van der Waals surface area contributed by atoms with Gasteiger partial charge in [0.2, 0.25) is 0 Å². The van der Waals surface area contributed by atoms with Gasteiger partial charge < -0.3 is 38.3 Å². The summed E-state index contributed by atoms with van der Waals surface area (Å²) in [6.45, 7) is 0. The van der Waals surface area contributed by atoms with E-state index >= 15 is 0 Å². The van der Waals surface area contributed by atoms with Gasteiger partial charge in [0, 0.05) is 0 Å². The number of hydrogen-bond acceptors (Lipinski definition) is 0. The smallest absolute Gasteiger partial charge is 2.00 e. The van der Waals surface area contributed by atoms with Gasteiger partial charge in [-0.1, -0.05) is 0 Å². The summed E-state index contributed by atoms with van der Waals surface area (Å²) in [5.41, 5.74) is 0. The van der Waals surface area contributed by atoms with Crippen LogP contribution in [0.15, 0.2) is 0 Å². The van der Waals surface area contributed by atoms with Crippen molar-refractivity contribution in [3.63, 3.8) is 0 Å². The molecule has 0 aromatic heterocycles. The van der Waals surface area contributed by atoms with E-state index in [1.54, 1.807) is 0 Å². The number of rotatable bonds is 0. The molecule has 0 fully saturated rings. The molecular formula is Al2Ge2O7.